The number of rotatable bonds is 3. The van der Waals surface area contributed by atoms with E-state index in [0.29, 0.717) is 6.54 Å². The summed E-state index contributed by atoms with van der Waals surface area (Å²) < 4.78 is 28.3. The highest BCUT2D eigenvalue weighted by Crippen LogP contribution is 2.36. The van der Waals surface area contributed by atoms with Gasteiger partial charge in [-0.15, -0.1) is 0 Å². The first-order chi connectivity index (χ1) is 11.6. The van der Waals surface area contributed by atoms with Crippen LogP contribution in [0.4, 0.5) is 8.78 Å². The Balaban J connectivity index is 1.52. The lowest BCUT2D eigenvalue weighted by atomic mass is 10.0. The van der Waals surface area contributed by atoms with Crippen molar-refractivity contribution in [2.75, 3.05) is 24.6 Å². The maximum Gasteiger partial charge on any atom is 0.149 e. The van der Waals surface area contributed by atoms with Gasteiger partial charge in [0.1, 0.15) is 22.5 Å². The first-order valence-electron chi connectivity index (χ1n) is 7.86. The molecule has 2 aliphatic rings. The molecule has 126 valence electrons. The Labute approximate surface area is 148 Å². The van der Waals surface area contributed by atoms with Crippen LogP contribution in [0.25, 0.3) is 11.3 Å². The van der Waals surface area contributed by atoms with Crippen LogP contribution in [0, 0.1) is 23.5 Å². The van der Waals surface area contributed by atoms with E-state index in [2.05, 4.69) is 14.9 Å². The average Bonchev–Trinajstić information content (AvgIpc) is 3.09. The van der Waals surface area contributed by atoms with Crippen molar-refractivity contribution in [3.63, 3.8) is 0 Å². The molecular formula is C17H16ClF2N3S. The smallest absolute Gasteiger partial charge is 0.149 e. The molecule has 0 saturated carbocycles. The number of nitrogens with zero attached hydrogens (tertiary/aromatic N) is 3. The highest BCUT2D eigenvalue weighted by Gasteiger charge is 2.36. The van der Waals surface area contributed by atoms with Gasteiger partial charge < -0.3 is 0 Å². The third-order valence-electron chi connectivity index (χ3n) is 4.70. The van der Waals surface area contributed by atoms with Gasteiger partial charge in [-0.1, -0.05) is 11.6 Å². The van der Waals surface area contributed by atoms with E-state index in [1.807, 2.05) is 11.8 Å². The van der Waals surface area contributed by atoms with Crippen LogP contribution in [0.15, 0.2) is 24.5 Å². The Morgan fingerprint density at radius 2 is 1.83 bits per heavy atom. The van der Waals surface area contributed by atoms with Crippen molar-refractivity contribution in [3.8, 4) is 11.3 Å². The number of aromatic nitrogens is 2. The van der Waals surface area contributed by atoms with E-state index in [9.17, 15) is 8.78 Å². The highest BCUT2D eigenvalue weighted by atomic mass is 35.5. The van der Waals surface area contributed by atoms with Gasteiger partial charge in [0.15, 0.2) is 0 Å². The van der Waals surface area contributed by atoms with Crippen LogP contribution >= 0.6 is 23.4 Å². The molecule has 2 aromatic rings. The van der Waals surface area contributed by atoms with Crippen molar-refractivity contribution in [1.29, 1.82) is 0 Å². The first-order valence-corrected chi connectivity index (χ1v) is 9.39. The quantitative estimate of drug-likeness (QED) is 0.770. The number of fused-ring (bicyclic) bond motifs is 1. The van der Waals surface area contributed by atoms with Crippen LogP contribution in [0.2, 0.25) is 5.15 Å². The van der Waals surface area contributed by atoms with Gasteiger partial charge in [-0.25, -0.2) is 13.8 Å². The van der Waals surface area contributed by atoms with Gasteiger partial charge in [0.25, 0.3) is 0 Å². The minimum absolute atomic E-state index is 0.0242. The summed E-state index contributed by atoms with van der Waals surface area (Å²) >= 11 is 7.66. The van der Waals surface area contributed by atoms with Crippen LogP contribution in [-0.2, 0) is 6.54 Å². The van der Waals surface area contributed by atoms with Gasteiger partial charge in [-0.3, -0.25) is 9.88 Å². The molecule has 0 aromatic carbocycles. The first kappa shape index (κ1) is 16.2. The molecular weight excluding hydrogens is 352 g/mol. The molecule has 7 heteroatoms. The molecule has 4 rings (SSSR count). The van der Waals surface area contributed by atoms with E-state index >= 15 is 0 Å². The maximum atomic E-state index is 14.4. The lowest BCUT2D eigenvalue weighted by molar-refractivity contribution is 0.315. The van der Waals surface area contributed by atoms with Gasteiger partial charge in [0.05, 0.1) is 5.56 Å². The molecule has 4 heterocycles. The normalized spacial score (nSPS) is 23.6. The third-order valence-corrected chi connectivity index (χ3v) is 6.23. The monoisotopic (exact) mass is 367 g/mol. The molecule has 3 nitrogen and oxygen atoms in total. The zero-order chi connectivity index (χ0) is 16.7. The summed E-state index contributed by atoms with van der Waals surface area (Å²) in [5.41, 5.74) is 0.803. The van der Waals surface area contributed by atoms with Crippen molar-refractivity contribution >= 4 is 23.4 Å². The van der Waals surface area contributed by atoms with E-state index in [4.69, 9.17) is 11.6 Å². The molecule has 0 aliphatic carbocycles. The van der Waals surface area contributed by atoms with Crippen LogP contribution < -0.4 is 0 Å². The number of halogens is 3. The Morgan fingerprint density at radius 1 is 1.08 bits per heavy atom. The summed E-state index contributed by atoms with van der Waals surface area (Å²) in [5.74, 6) is 2.83. The number of hydrogen-bond donors (Lipinski definition) is 0. The zero-order valence-electron chi connectivity index (χ0n) is 12.9. The van der Waals surface area contributed by atoms with Crippen molar-refractivity contribution in [1.82, 2.24) is 14.9 Å². The second-order valence-electron chi connectivity index (χ2n) is 6.41. The Kier molecular flexibility index (Phi) is 4.45. The predicted molar refractivity (Wildman–Crippen MR) is 92.0 cm³/mol. The van der Waals surface area contributed by atoms with Gasteiger partial charge in [0, 0.05) is 38.1 Å². The van der Waals surface area contributed by atoms with E-state index in [1.165, 1.54) is 23.8 Å². The van der Waals surface area contributed by atoms with E-state index < -0.39 is 11.6 Å². The number of hydrogen-bond acceptors (Lipinski definition) is 4. The average molecular weight is 368 g/mol. The zero-order valence-corrected chi connectivity index (χ0v) is 14.5. The molecule has 2 aliphatic heterocycles. The van der Waals surface area contributed by atoms with Gasteiger partial charge >= 0.3 is 0 Å². The molecule has 0 bridgehead atoms. The van der Waals surface area contributed by atoms with Crippen molar-refractivity contribution in [3.05, 3.63) is 46.9 Å². The van der Waals surface area contributed by atoms with Crippen LogP contribution in [0.5, 0.6) is 0 Å². The predicted octanol–water partition coefficient (Wildman–Crippen LogP) is 3.87. The molecule has 2 saturated heterocycles. The minimum atomic E-state index is -0.626. The van der Waals surface area contributed by atoms with Crippen LogP contribution in [-0.4, -0.2) is 39.5 Å². The molecule has 0 amide bonds. The summed E-state index contributed by atoms with van der Waals surface area (Å²) in [6, 6.07) is 2.51. The van der Waals surface area contributed by atoms with E-state index in [-0.39, 0.29) is 16.4 Å². The summed E-state index contributed by atoms with van der Waals surface area (Å²) in [7, 11) is 0. The van der Waals surface area contributed by atoms with E-state index in [0.717, 1.165) is 36.6 Å². The molecule has 2 atom stereocenters. The van der Waals surface area contributed by atoms with Gasteiger partial charge in [-0.2, -0.15) is 11.8 Å². The molecule has 0 radical (unpaired) electrons. The van der Waals surface area contributed by atoms with Crippen molar-refractivity contribution < 1.29 is 8.78 Å². The Morgan fingerprint density at radius 3 is 2.50 bits per heavy atom. The molecule has 24 heavy (non-hydrogen) atoms. The molecule has 0 spiro atoms. The van der Waals surface area contributed by atoms with Crippen molar-refractivity contribution in [2.45, 2.75) is 6.54 Å². The second-order valence-corrected chi connectivity index (χ2v) is 7.87. The summed E-state index contributed by atoms with van der Waals surface area (Å²) in [6.45, 7) is 2.82. The largest absolute Gasteiger partial charge is 0.298 e. The van der Waals surface area contributed by atoms with Crippen LogP contribution in [0.3, 0.4) is 0 Å². The van der Waals surface area contributed by atoms with Crippen LogP contribution in [0.1, 0.15) is 5.56 Å². The number of pyridine rings is 2. The molecule has 2 fully saturated rings. The molecule has 2 unspecified atom stereocenters. The second kappa shape index (κ2) is 6.58. The molecule has 2 aromatic heterocycles. The minimum Gasteiger partial charge on any atom is -0.298 e. The third kappa shape index (κ3) is 3.15. The maximum absolute atomic E-state index is 14.4. The fraction of sp³-hybridized carbons (Fsp3) is 0.412. The van der Waals surface area contributed by atoms with Crippen molar-refractivity contribution in [2.24, 2.45) is 11.8 Å². The lowest BCUT2D eigenvalue weighted by Crippen LogP contribution is -2.21. The summed E-state index contributed by atoms with van der Waals surface area (Å²) in [5, 5.41) is 0.0334. The molecule has 0 N–H and O–H groups in total. The summed E-state index contributed by atoms with van der Waals surface area (Å²) in [4.78, 5) is 10.3. The highest BCUT2D eigenvalue weighted by molar-refractivity contribution is 7.99. The fourth-order valence-electron chi connectivity index (χ4n) is 3.52. The topological polar surface area (TPSA) is 29.0 Å². The lowest BCUT2D eigenvalue weighted by Gasteiger charge is -2.17. The van der Waals surface area contributed by atoms with E-state index in [1.54, 1.807) is 6.20 Å². The Bertz CT molecular complexity index is 761. The van der Waals surface area contributed by atoms with Gasteiger partial charge in [-0.05, 0) is 35.0 Å². The Hall–Kier alpha value is -1.24. The standard InChI is InChI=1S/C17H16ClF2N3S/c18-16-2-14(19)13(4-21-16)17-15(20)1-10(3-22-17)5-23-6-11-8-24-9-12(11)7-23/h1-4,11-12H,5-9H2. The SMILES string of the molecule is Fc1cc(Cl)ncc1-c1ncc(CN2CC3CSCC3C2)cc1F. The number of thioether (sulfide) groups is 1. The number of likely N-dealkylation sites (tertiary alicyclic amines) is 1. The summed E-state index contributed by atoms with van der Waals surface area (Å²) in [6.07, 6.45) is 2.83. The van der Waals surface area contributed by atoms with Gasteiger partial charge in [0.2, 0.25) is 0 Å². The fourth-order valence-corrected chi connectivity index (χ4v) is 5.16.